The van der Waals surface area contributed by atoms with Crippen LogP contribution in [0.25, 0.3) is 33.3 Å². The predicted molar refractivity (Wildman–Crippen MR) is 280 cm³/mol. The number of phenols is 1. The normalized spacial score (nSPS) is 34.1. The van der Waals surface area contributed by atoms with Gasteiger partial charge in [-0.2, -0.15) is 0 Å². The van der Waals surface area contributed by atoms with E-state index in [1.807, 2.05) is 24.4 Å². The lowest BCUT2D eigenvalue weighted by Gasteiger charge is -2.47. The summed E-state index contributed by atoms with van der Waals surface area (Å²) < 4.78 is 33.3. The number of aromatic nitrogens is 1. The summed E-state index contributed by atoms with van der Waals surface area (Å²) in [7, 11) is 1.59. The number of Topliss-reactive ketones (excluding diaryl/α,β-unsaturated/α-hetero) is 1. The second kappa shape index (κ2) is 16.9. The number of carbonyl (C=O) groups is 2. The molecule has 0 radical (unpaired) electrons. The first kappa shape index (κ1) is 47.1. The Kier molecular flexibility index (Phi) is 10.5. The Bertz CT molecular complexity index is 3510. The third-order valence-electron chi connectivity index (χ3n) is 20.1. The molecule has 1 amide bonds. The Morgan fingerprint density at radius 1 is 0.961 bits per heavy atom. The number of aliphatic hydroxyl groups excluding tert-OH is 2. The van der Waals surface area contributed by atoms with E-state index in [1.165, 1.54) is 16.0 Å². The van der Waals surface area contributed by atoms with Crippen LogP contribution in [0.3, 0.4) is 0 Å². The molecule has 0 unspecified atom stereocenters. The summed E-state index contributed by atoms with van der Waals surface area (Å²) >= 11 is 0. The van der Waals surface area contributed by atoms with E-state index in [4.69, 9.17) is 23.7 Å². The Balaban J connectivity index is 0.963. The molecular formula is C62H62N2O12. The number of amides is 1. The number of hydrogen-bond acceptors (Lipinski definition) is 12. The minimum atomic E-state index is -2.47. The predicted octanol–water partition coefficient (Wildman–Crippen LogP) is 7.87. The van der Waals surface area contributed by atoms with E-state index in [9.17, 15) is 30.3 Å². The Hall–Kier alpha value is -6.18. The molecule has 4 fully saturated rings. The molecule has 3 saturated carbocycles. The maximum atomic E-state index is 15.5. The van der Waals surface area contributed by atoms with Crippen molar-refractivity contribution in [2.24, 2.45) is 11.8 Å². The zero-order valence-corrected chi connectivity index (χ0v) is 42.6. The summed E-state index contributed by atoms with van der Waals surface area (Å²) in [6.07, 6.45) is 15.5. The molecule has 76 heavy (non-hydrogen) atoms. The number of phenolic OH excluding ortho intramolecular Hbond substituents is 1. The van der Waals surface area contributed by atoms with Gasteiger partial charge in [-0.05, 0) is 157 Å². The molecule has 5 aromatic rings. The Morgan fingerprint density at radius 2 is 1.86 bits per heavy atom. The van der Waals surface area contributed by atoms with Crippen LogP contribution in [0.2, 0.25) is 0 Å². The molecule has 392 valence electrons. The van der Waals surface area contributed by atoms with E-state index < -0.39 is 54.3 Å². The van der Waals surface area contributed by atoms with Gasteiger partial charge in [-0.25, -0.2) is 0 Å². The molecule has 11 atom stereocenters. The quantitative estimate of drug-likeness (QED) is 0.0958. The number of nitrogens with one attached hydrogen (secondary N) is 1. The van der Waals surface area contributed by atoms with Crippen molar-refractivity contribution in [3.63, 3.8) is 0 Å². The fourth-order valence-electron chi connectivity index (χ4n) is 16.5. The van der Waals surface area contributed by atoms with E-state index in [0.29, 0.717) is 41.0 Å². The first-order chi connectivity index (χ1) is 36.9. The maximum Gasteiger partial charge on any atom is 0.254 e. The van der Waals surface area contributed by atoms with Crippen LogP contribution in [0, 0.1) is 23.9 Å². The minimum absolute atomic E-state index is 0.0167. The van der Waals surface area contributed by atoms with Crippen LogP contribution in [0.4, 0.5) is 0 Å². The Morgan fingerprint density at radius 3 is 2.72 bits per heavy atom. The molecule has 4 aromatic carbocycles. The number of methoxy groups -OCH3 is 1. The van der Waals surface area contributed by atoms with Gasteiger partial charge in [0, 0.05) is 52.1 Å². The largest absolute Gasteiger partial charge is 0.506 e. The van der Waals surface area contributed by atoms with Crippen LogP contribution in [0.15, 0.2) is 48.7 Å². The van der Waals surface area contributed by atoms with Gasteiger partial charge in [0.15, 0.2) is 17.5 Å². The van der Waals surface area contributed by atoms with Crippen molar-refractivity contribution in [2.75, 3.05) is 26.9 Å². The second-order valence-electron chi connectivity index (χ2n) is 23.8. The van der Waals surface area contributed by atoms with Crippen molar-refractivity contribution >= 4 is 45.0 Å². The smallest absolute Gasteiger partial charge is 0.254 e. The van der Waals surface area contributed by atoms with Gasteiger partial charge in [0.2, 0.25) is 6.29 Å². The maximum absolute atomic E-state index is 15.5. The molecule has 10 aliphatic rings. The van der Waals surface area contributed by atoms with Crippen molar-refractivity contribution in [1.29, 1.82) is 0 Å². The molecule has 8 bridgehead atoms. The first-order valence-electron chi connectivity index (χ1n) is 27.6. The number of aromatic amines is 1. The molecule has 1 spiro atoms. The lowest BCUT2D eigenvalue weighted by molar-refractivity contribution is -0.328. The van der Waals surface area contributed by atoms with Gasteiger partial charge < -0.3 is 59.1 Å². The number of hydrogen-bond donors (Lipinski definition) is 6. The summed E-state index contributed by atoms with van der Waals surface area (Å²) in [6, 6.07) is 9.94. The molecule has 1 aromatic heterocycles. The second-order valence-corrected chi connectivity index (χ2v) is 23.8. The number of benzene rings is 4. The molecule has 6 aliphatic carbocycles. The summed E-state index contributed by atoms with van der Waals surface area (Å²) in [5.74, 6) is 2.93. The molecule has 5 heterocycles. The number of rotatable bonds is 3. The molecule has 4 aliphatic heterocycles. The van der Waals surface area contributed by atoms with Crippen molar-refractivity contribution in [3.05, 3.63) is 110 Å². The Labute approximate surface area is 439 Å². The van der Waals surface area contributed by atoms with Crippen LogP contribution in [0.5, 0.6) is 17.2 Å². The zero-order chi connectivity index (χ0) is 51.6. The van der Waals surface area contributed by atoms with Crippen molar-refractivity contribution in [2.45, 2.75) is 150 Å². The average Bonchev–Trinajstić information content (AvgIpc) is 4.37. The van der Waals surface area contributed by atoms with E-state index in [1.54, 1.807) is 19.2 Å². The highest BCUT2D eigenvalue weighted by molar-refractivity contribution is 6.17. The lowest BCUT2D eigenvalue weighted by atomic mass is 9.61. The summed E-state index contributed by atoms with van der Waals surface area (Å²) in [5, 5.41) is 63.7. The number of H-pyrrole nitrogens is 1. The molecule has 6 N–H and O–H groups in total. The van der Waals surface area contributed by atoms with E-state index >= 15 is 4.79 Å². The first-order valence-corrected chi connectivity index (χ1v) is 27.6. The topological polar surface area (TPSA) is 200 Å². The van der Waals surface area contributed by atoms with Crippen molar-refractivity contribution < 1.29 is 58.8 Å². The van der Waals surface area contributed by atoms with Gasteiger partial charge in [0.1, 0.15) is 41.7 Å². The number of fused-ring (bicyclic) bond motifs is 11. The third-order valence-corrected chi connectivity index (χ3v) is 20.1. The summed E-state index contributed by atoms with van der Waals surface area (Å²) in [6.45, 7) is -1.36. The van der Waals surface area contributed by atoms with Gasteiger partial charge in [-0.3, -0.25) is 9.59 Å². The minimum Gasteiger partial charge on any atom is -0.506 e. The third kappa shape index (κ3) is 6.56. The fraction of sp³-hybridized carbons (Fsp3) is 0.484. The van der Waals surface area contributed by atoms with E-state index in [2.05, 4.69) is 35.2 Å². The number of ketones is 1. The van der Waals surface area contributed by atoms with Gasteiger partial charge in [0.25, 0.3) is 5.91 Å². The number of nitrogens with zero attached hydrogens (tertiary/aromatic N) is 1. The van der Waals surface area contributed by atoms with E-state index in [0.717, 1.165) is 120 Å². The lowest BCUT2D eigenvalue weighted by Crippen LogP contribution is -2.70. The van der Waals surface area contributed by atoms with Crippen LogP contribution in [0.1, 0.15) is 153 Å². The number of carbonyl (C=O) groups excluding carboxylic acids is 2. The summed E-state index contributed by atoms with van der Waals surface area (Å²) in [4.78, 5) is 34.8. The molecule has 14 nitrogen and oxygen atoms in total. The van der Waals surface area contributed by atoms with Crippen molar-refractivity contribution in [1.82, 2.24) is 9.88 Å². The van der Waals surface area contributed by atoms with Crippen LogP contribution >= 0.6 is 0 Å². The van der Waals surface area contributed by atoms with Crippen molar-refractivity contribution in [3.8, 4) is 29.3 Å². The van der Waals surface area contributed by atoms with Crippen LogP contribution in [-0.4, -0.2) is 110 Å². The molecule has 15 rings (SSSR count). The van der Waals surface area contributed by atoms with Gasteiger partial charge in [-0.1, -0.05) is 43.0 Å². The standard InChI is InChI=1S/C62H62N2O12/c1-72-55-38-13-12-34-22-32-7-3-10-36(32)49-48(34)50(38)52-54(68)51(49)45(66)27-64-26-42-31(6-2-11-37(42)58(64)69)8-5-21-73-57-53(67)47-28-74-46(15-14-39(55)56(52)76-59(75-47)62(57,71)30-65)41-25-63-44-23-33-16-19-60(43(33)24-40(41)44)20-17-35-9-4-18-61(35,70)29-60/h2,6,11,14-15,22-25,32,35-36,46-47,53,57,59,63,65,67-68,70-71H,3-4,7-10,12-13,16-20,26-30H2,1H3/b15-14+/t32-,35-,36-,46+,47+,53+,57-,59+,60+,61-,62+/m0/s1. The number of aryl methyl sites for hydroxylation is 2. The summed E-state index contributed by atoms with van der Waals surface area (Å²) in [5.41, 5.74) is 7.05. The van der Waals surface area contributed by atoms with Gasteiger partial charge in [0.05, 0.1) is 49.0 Å². The highest BCUT2D eigenvalue weighted by Gasteiger charge is 2.60. The monoisotopic (exact) mass is 1030 g/mol. The SMILES string of the molecule is COc1c2c3c4c(O)c(c5c6c4c1CCC6=C[C@@H]1CCC[C@H]51)C(=O)CN1Cc4c(cccc4C1=O)CC#CO[C@H]1[C@H](O)[C@@H](CO[C@@H](c4c[nH]c5cc6c(cc45)[C@]4(CC6)CC[C@@H]5CCC[C@]5(O)C4)/C=C/2)O[C@H](O3)[C@@]1(O)CO. The highest BCUT2D eigenvalue weighted by Crippen LogP contribution is 2.61. The highest BCUT2D eigenvalue weighted by atomic mass is 16.7. The number of aliphatic hydroxyl groups is 4. The zero-order valence-electron chi connectivity index (χ0n) is 42.6. The molecule has 1 saturated heterocycles. The van der Waals surface area contributed by atoms with Gasteiger partial charge in [-0.15, -0.1) is 0 Å². The van der Waals surface area contributed by atoms with Crippen LogP contribution in [-0.2, 0) is 45.4 Å². The van der Waals surface area contributed by atoms with E-state index in [-0.39, 0.29) is 71.7 Å². The van der Waals surface area contributed by atoms with Crippen LogP contribution < -0.4 is 9.47 Å². The number of allylic oxidation sites excluding steroid dienone is 2. The molecule has 14 heteroatoms. The number of aromatic hydroxyl groups is 1. The molecular weight excluding hydrogens is 965 g/mol. The average molecular weight is 1030 g/mol. The van der Waals surface area contributed by atoms with Gasteiger partial charge >= 0.3 is 0 Å². The fourth-order valence-corrected chi connectivity index (χ4v) is 16.5. The number of ether oxygens (including phenoxy) is 5.